The molecule has 0 fully saturated rings. The maximum Gasteiger partial charge on any atom is 0.407 e. The summed E-state index contributed by atoms with van der Waals surface area (Å²) in [6.07, 6.45) is 0.656. The van der Waals surface area contributed by atoms with Gasteiger partial charge in [0.05, 0.1) is 19.8 Å². The van der Waals surface area contributed by atoms with Crippen molar-refractivity contribution in [1.82, 2.24) is 5.32 Å². The lowest BCUT2D eigenvalue weighted by Crippen LogP contribution is -2.35. The van der Waals surface area contributed by atoms with Crippen molar-refractivity contribution in [2.75, 3.05) is 26.4 Å². The summed E-state index contributed by atoms with van der Waals surface area (Å²) in [6.45, 7) is 7.87. The van der Waals surface area contributed by atoms with Crippen LogP contribution in [-0.2, 0) is 41.6 Å². The molecule has 1 unspecified atom stereocenters. The molecule has 208 valence electrons. The van der Waals surface area contributed by atoms with Crippen LogP contribution in [-0.4, -0.2) is 50.4 Å². The van der Waals surface area contributed by atoms with Gasteiger partial charge < -0.3 is 24.3 Å². The highest BCUT2D eigenvalue weighted by atomic mass is 32.1. The van der Waals surface area contributed by atoms with Crippen LogP contribution in [0.25, 0.3) is 0 Å². The van der Waals surface area contributed by atoms with E-state index in [0.717, 1.165) is 16.0 Å². The Kier molecular flexibility index (Phi) is 13.3. The van der Waals surface area contributed by atoms with Gasteiger partial charge in [0, 0.05) is 11.4 Å². The molecular weight excluding hydrogens is 510 g/mol. The van der Waals surface area contributed by atoms with Gasteiger partial charge in [0.15, 0.2) is 5.92 Å². The highest BCUT2D eigenvalue weighted by molar-refractivity contribution is 7.14. The normalized spacial score (nSPS) is 11.5. The Morgan fingerprint density at radius 1 is 0.895 bits per heavy atom. The average Bonchev–Trinajstić information content (AvgIpc) is 3.28. The van der Waals surface area contributed by atoms with Crippen molar-refractivity contribution in [3.63, 3.8) is 0 Å². The molecule has 0 aliphatic carbocycles. The van der Waals surface area contributed by atoms with Gasteiger partial charge in [-0.2, -0.15) is 0 Å². The van der Waals surface area contributed by atoms with Crippen LogP contribution in [0, 0.1) is 18.8 Å². The fourth-order valence-corrected chi connectivity index (χ4v) is 4.90. The second kappa shape index (κ2) is 16.4. The predicted octanol–water partition coefficient (Wildman–Crippen LogP) is 4.84. The quantitative estimate of drug-likeness (QED) is 0.191. The standard InChI is InChI=1S/C28H37NO8S/c1-5-34-25(30)22(26(31)35-6-2)16-21(17-29-28(33)37-18-20-11-9-8-10-12-20)13-14-23-19(4)15-24(38-23)27(32)36-7-3/h8-12,15,21-22H,5-7,13-14,16-18H2,1-4H3,(H,29,33). The molecule has 1 amide bonds. The topological polar surface area (TPSA) is 117 Å². The SMILES string of the molecule is CCOC(=O)c1cc(C)c(CCC(CNC(=O)OCc2ccccc2)CC(C(=O)OCC)C(=O)OCC)s1. The molecule has 0 spiro atoms. The van der Waals surface area contributed by atoms with Crippen molar-refractivity contribution in [3.8, 4) is 0 Å². The summed E-state index contributed by atoms with van der Waals surface area (Å²) < 4.78 is 20.6. The average molecular weight is 548 g/mol. The van der Waals surface area contributed by atoms with Gasteiger partial charge in [0.25, 0.3) is 0 Å². The van der Waals surface area contributed by atoms with Crippen LogP contribution in [0.1, 0.15) is 59.3 Å². The van der Waals surface area contributed by atoms with Crippen LogP contribution in [0.15, 0.2) is 36.4 Å². The van der Waals surface area contributed by atoms with E-state index in [4.69, 9.17) is 18.9 Å². The third kappa shape index (κ3) is 10.2. The van der Waals surface area contributed by atoms with Crippen molar-refractivity contribution in [2.45, 2.75) is 53.6 Å². The summed E-state index contributed by atoms with van der Waals surface area (Å²) in [6, 6.07) is 11.1. The fraction of sp³-hybridized carbons (Fsp3) is 0.500. The molecule has 1 atom stereocenters. The first-order valence-electron chi connectivity index (χ1n) is 12.8. The zero-order valence-electron chi connectivity index (χ0n) is 22.4. The monoisotopic (exact) mass is 547 g/mol. The molecule has 9 nitrogen and oxygen atoms in total. The first kappa shape index (κ1) is 30.8. The number of nitrogens with one attached hydrogen (secondary N) is 1. The Balaban J connectivity index is 2.11. The number of esters is 3. The zero-order valence-corrected chi connectivity index (χ0v) is 23.3. The van der Waals surface area contributed by atoms with E-state index in [9.17, 15) is 19.2 Å². The van der Waals surface area contributed by atoms with Gasteiger partial charge >= 0.3 is 24.0 Å². The lowest BCUT2D eigenvalue weighted by Gasteiger charge is -2.22. The van der Waals surface area contributed by atoms with Crippen LogP contribution < -0.4 is 5.32 Å². The second-order valence-corrected chi connectivity index (χ2v) is 9.71. The number of carbonyl (C=O) groups is 4. The van der Waals surface area contributed by atoms with E-state index in [2.05, 4.69) is 5.32 Å². The van der Waals surface area contributed by atoms with Crippen molar-refractivity contribution in [1.29, 1.82) is 0 Å². The fourth-order valence-electron chi connectivity index (χ4n) is 3.82. The Bertz CT molecular complexity index is 1030. The van der Waals surface area contributed by atoms with E-state index in [1.165, 1.54) is 11.3 Å². The first-order valence-corrected chi connectivity index (χ1v) is 13.6. The Hall–Kier alpha value is -3.40. The van der Waals surface area contributed by atoms with E-state index >= 15 is 0 Å². The van der Waals surface area contributed by atoms with Crippen LogP contribution in [0.5, 0.6) is 0 Å². The summed E-state index contributed by atoms with van der Waals surface area (Å²) in [7, 11) is 0. The molecule has 1 N–H and O–H groups in total. The van der Waals surface area contributed by atoms with Crippen LogP contribution >= 0.6 is 11.3 Å². The number of aryl methyl sites for hydroxylation is 2. The Morgan fingerprint density at radius 2 is 1.53 bits per heavy atom. The molecule has 10 heteroatoms. The summed E-state index contributed by atoms with van der Waals surface area (Å²) in [4.78, 5) is 51.2. The molecule has 1 aromatic heterocycles. The highest BCUT2D eigenvalue weighted by Gasteiger charge is 2.32. The molecule has 0 aliphatic rings. The maximum absolute atomic E-state index is 12.6. The van der Waals surface area contributed by atoms with Crippen LogP contribution in [0.4, 0.5) is 4.79 Å². The molecular formula is C28H37NO8S. The minimum absolute atomic E-state index is 0.122. The largest absolute Gasteiger partial charge is 0.465 e. The lowest BCUT2D eigenvalue weighted by molar-refractivity contribution is -0.162. The predicted molar refractivity (Wildman–Crippen MR) is 143 cm³/mol. The van der Waals surface area contributed by atoms with E-state index in [0.29, 0.717) is 24.3 Å². The smallest absolute Gasteiger partial charge is 0.407 e. The van der Waals surface area contributed by atoms with Gasteiger partial charge in [0.1, 0.15) is 11.5 Å². The molecule has 0 bridgehead atoms. The van der Waals surface area contributed by atoms with Crippen LogP contribution in [0.2, 0.25) is 0 Å². The van der Waals surface area contributed by atoms with E-state index < -0.39 is 23.9 Å². The number of alkyl carbamates (subject to hydrolysis) is 1. The number of benzene rings is 1. The molecule has 1 aromatic carbocycles. The van der Waals surface area contributed by atoms with Gasteiger partial charge in [0.2, 0.25) is 0 Å². The molecule has 0 saturated carbocycles. The number of rotatable bonds is 15. The van der Waals surface area contributed by atoms with E-state index in [1.54, 1.807) is 26.8 Å². The summed E-state index contributed by atoms with van der Waals surface area (Å²) in [5, 5.41) is 2.76. The first-order chi connectivity index (χ1) is 18.3. The number of hydrogen-bond donors (Lipinski definition) is 1. The van der Waals surface area contributed by atoms with Crippen molar-refractivity contribution in [3.05, 3.63) is 57.3 Å². The second-order valence-electron chi connectivity index (χ2n) is 8.58. The molecule has 0 saturated heterocycles. The number of amides is 1. The molecule has 2 aromatic rings. The molecule has 2 rings (SSSR count). The number of carbonyl (C=O) groups excluding carboxylic acids is 4. The van der Waals surface area contributed by atoms with Gasteiger partial charge in [-0.1, -0.05) is 30.3 Å². The lowest BCUT2D eigenvalue weighted by atomic mass is 9.90. The summed E-state index contributed by atoms with van der Waals surface area (Å²) >= 11 is 1.36. The molecule has 38 heavy (non-hydrogen) atoms. The Labute approximate surface area is 227 Å². The highest BCUT2D eigenvalue weighted by Crippen LogP contribution is 2.27. The van der Waals surface area contributed by atoms with E-state index in [1.807, 2.05) is 37.3 Å². The Morgan fingerprint density at radius 3 is 2.13 bits per heavy atom. The van der Waals surface area contributed by atoms with E-state index in [-0.39, 0.29) is 44.7 Å². The molecule has 1 heterocycles. The van der Waals surface area contributed by atoms with Crippen LogP contribution in [0.3, 0.4) is 0 Å². The number of hydrogen-bond acceptors (Lipinski definition) is 9. The third-order valence-corrected chi connectivity index (χ3v) is 7.01. The molecule has 0 radical (unpaired) electrons. The molecule has 0 aliphatic heterocycles. The van der Waals surface area contributed by atoms with Crippen molar-refractivity contribution < 1.29 is 38.1 Å². The zero-order chi connectivity index (χ0) is 27.9. The maximum atomic E-state index is 12.6. The minimum Gasteiger partial charge on any atom is -0.465 e. The van der Waals surface area contributed by atoms with Gasteiger partial charge in [-0.3, -0.25) is 9.59 Å². The van der Waals surface area contributed by atoms with Crippen molar-refractivity contribution in [2.24, 2.45) is 11.8 Å². The summed E-state index contributed by atoms with van der Waals surface area (Å²) in [5.74, 6) is -3.05. The summed E-state index contributed by atoms with van der Waals surface area (Å²) in [5.41, 5.74) is 1.81. The minimum atomic E-state index is -1.11. The number of thiophene rings is 1. The van der Waals surface area contributed by atoms with Crippen molar-refractivity contribution >= 4 is 35.3 Å². The number of ether oxygens (including phenoxy) is 4. The third-order valence-electron chi connectivity index (χ3n) is 5.74. The van der Waals surface area contributed by atoms with Gasteiger partial charge in [-0.05, 0) is 70.1 Å². The van der Waals surface area contributed by atoms with Gasteiger partial charge in [-0.15, -0.1) is 11.3 Å². The van der Waals surface area contributed by atoms with Gasteiger partial charge in [-0.25, -0.2) is 9.59 Å².